The van der Waals surface area contributed by atoms with Crippen molar-refractivity contribution >= 4 is 5.78 Å². The van der Waals surface area contributed by atoms with Crippen LogP contribution in [0.2, 0.25) is 0 Å². The number of carbonyl (C=O) groups is 1. The van der Waals surface area contributed by atoms with E-state index < -0.39 is 0 Å². The van der Waals surface area contributed by atoms with Gasteiger partial charge in [0, 0.05) is 18.8 Å². The van der Waals surface area contributed by atoms with E-state index in [4.69, 9.17) is 0 Å². The SMILES string of the molecule is CCCC[N+]12CCC(CC1)C(=O)C2. The van der Waals surface area contributed by atoms with Gasteiger partial charge in [-0.2, -0.15) is 0 Å². The molecule has 3 rings (SSSR count). The molecule has 0 N–H and O–H groups in total. The minimum atomic E-state index is 0.446. The Bertz CT molecular complexity index is 204. The van der Waals surface area contributed by atoms with E-state index in [1.807, 2.05) is 0 Å². The third kappa shape index (κ3) is 1.64. The van der Waals surface area contributed by atoms with Crippen LogP contribution in [0.3, 0.4) is 0 Å². The maximum absolute atomic E-state index is 11.6. The first-order chi connectivity index (χ1) is 6.26. The first-order valence-corrected chi connectivity index (χ1v) is 5.63. The molecule has 2 nitrogen and oxygen atoms in total. The molecule has 13 heavy (non-hydrogen) atoms. The van der Waals surface area contributed by atoms with Crippen molar-refractivity contribution in [2.45, 2.75) is 32.6 Å². The fourth-order valence-corrected chi connectivity index (χ4v) is 2.85. The molecule has 3 heterocycles. The van der Waals surface area contributed by atoms with Crippen LogP contribution >= 0.6 is 0 Å². The Balaban J connectivity index is 2.00. The Kier molecular flexibility index (Phi) is 2.41. The van der Waals surface area contributed by atoms with Gasteiger partial charge in [0.15, 0.2) is 5.78 Å². The molecular formula is C11H20NO+. The minimum absolute atomic E-state index is 0.446. The van der Waals surface area contributed by atoms with Gasteiger partial charge in [0.05, 0.1) is 19.6 Å². The molecule has 2 heteroatoms. The topological polar surface area (TPSA) is 17.1 Å². The highest BCUT2D eigenvalue weighted by Crippen LogP contribution is 2.31. The second kappa shape index (κ2) is 3.41. The minimum Gasteiger partial charge on any atom is -0.317 e. The molecule has 0 aromatic rings. The number of carbonyl (C=O) groups excluding carboxylic acids is 1. The zero-order chi connectivity index (χ0) is 9.31. The van der Waals surface area contributed by atoms with Crippen LogP contribution < -0.4 is 0 Å². The van der Waals surface area contributed by atoms with Crippen LogP contribution in [0, 0.1) is 5.92 Å². The summed E-state index contributed by atoms with van der Waals surface area (Å²) in [5.74, 6) is 0.996. The van der Waals surface area contributed by atoms with Crippen LogP contribution in [0.4, 0.5) is 0 Å². The number of ketones is 1. The van der Waals surface area contributed by atoms with Gasteiger partial charge >= 0.3 is 0 Å². The summed E-state index contributed by atoms with van der Waals surface area (Å²) in [6.07, 6.45) is 4.89. The second-order valence-electron chi connectivity index (χ2n) is 4.76. The molecule has 3 saturated heterocycles. The standard InChI is InChI=1S/C11H20NO/c1-2-3-6-12-7-4-10(5-8-12)11(13)9-12/h10H,2-9H2,1H3/q+1. The van der Waals surface area contributed by atoms with Gasteiger partial charge in [-0.3, -0.25) is 4.79 Å². The number of nitrogens with zero attached hydrogens (tertiary/aromatic N) is 1. The van der Waals surface area contributed by atoms with Crippen molar-refractivity contribution < 1.29 is 9.28 Å². The van der Waals surface area contributed by atoms with E-state index in [0.717, 1.165) is 11.0 Å². The number of Topliss-reactive ketones (excluding diaryl/α,β-unsaturated/α-hetero) is 1. The Hall–Kier alpha value is -0.370. The smallest absolute Gasteiger partial charge is 0.190 e. The average Bonchev–Trinajstić information content (AvgIpc) is 2.16. The molecule has 0 aliphatic carbocycles. The summed E-state index contributed by atoms with van der Waals surface area (Å²) in [5, 5.41) is 0. The van der Waals surface area contributed by atoms with Crippen LogP contribution in [0.15, 0.2) is 0 Å². The molecule has 0 saturated carbocycles. The lowest BCUT2D eigenvalue weighted by atomic mass is 9.84. The number of hydrogen-bond acceptors (Lipinski definition) is 1. The molecule has 3 fully saturated rings. The summed E-state index contributed by atoms with van der Waals surface area (Å²) in [4.78, 5) is 11.6. The first kappa shape index (κ1) is 9.20. The predicted molar refractivity (Wildman–Crippen MR) is 52.4 cm³/mol. The lowest BCUT2D eigenvalue weighted by Gasteiger charge is -2.48. The van der Waals surface area contributed by atoms with E-state index in [2.05, 4.69) is 6.92 Å². The average molecular weight is 182 g/mol. The highest BCUT2D eigenvalue weighted by Gasteiger charge is 2.44. The van der Waals surface area contributed by atoms with Crippen LogP contribution in [-0.2, 0) is 4.79 Å². The Labute approximate surface area is 80.5 Å². The van der Waals surface area contributed by atoms with E-state index in [0.29, 0.717) is 11.7 Å². The lowest BCUT2D eigenvalue weighted by molar-refractivity contribution is -0.931. The quantitative estimate of drug-likeness (QED) is 0.606. The molecule has 74 valence electrons. The summed E-state index contributed by atoms with van der Waals surface area (Å²) in [6.45, 7) is 6.88. The van der Waals surface area contributed by atoms with Crippen molar-refractivity contribution in [3.63, 3.8) is 0 Å². The zero-order valence-electron chi connectivity index (χ0n) is 8.59. The van der Waals surface area contributed by atoms with E-state index in [1.165, 1.54) is 45.3 Å². The normalized spacial score (nSPS) is 38.2. The molecule has 0 spiro atoms. The van der Waals surface area contributed by atoms with Crippen LogP contribution in [0.25, 0.3) is 0 Å². The van der Waals surface area contributed by atoms with Gasteiger partial charge in [0.1, 0.15) is 6.54 Å². The summed E-state index contributed by atoms with van der Waals surface area (Å²) in [5.41, 5.74) is 0. The number of piperidine rings is 3. The molecule has 0 radical (unpaired) electrons. The molecule has 0 unspecified atom stereocenters. The molecule has 2 bridgehead atoms. The summed E-state index contributed by atoms with van der Waals surface area (Å²) in [6, 6.07) is 0. The fraction of sp³-hybridized carbons (Fsp3) is 0.909. The van der Waals surface area contributed by atoms with Gasteiger partial charge in [-0.05, 0) is 6.42 Å². The van der Waals surface area contributed by atoms with E-state index in [1.54, 1.807) is 0 Å². The fourth-order valence-electron chi connectivity index (χ4n) is 2.85. The number of rotatable bonds is 3. The summed E-state index contributed by atoms with van der Waals surface area (Å²) < 4.78 is 1.13. The van der Waals surface area contributed by atoms with E-state index in [9.17, 15) is 4.79 Å². The second-order valence-corrected chi connectivity index (χ2v) is 4.76. The van der Waals surface area contributed by atoms with Crippen molar-refractivity contribution in [1.82, 2.24) is 0 Å². The third-order valence-corrected chi connectivity index (χ3v) is 3.84. The van der Waals surface area contributed by atoms with Crippen LogP contribution in [-0.4, -0.2) is 36.4 Å². The molecular weight excluding hydrogens is 162 g/mol. The van der Waals surface area contributed by atoms with Crippen molar-refractivity contribution in [3.8, 4) is 0 Å². The van der Waals surface area contributed by atoms with Gasteiger partial charge in [-0.15, -0.1) is 0 Å². The van der Waals surface area contributed by atoms with Gasteiger partial charge < -0.3 is 4.48 Å². The van der Waals surface area contributed by atoms with E-state index in [-0.39, 0.29) is 0 Å². The number of unbranched alkanes of at least 4 members (excludes halogenated alkanes) is 1. The van der Waals surface area contributed by atoms with Gasteiger partial charge in [-0.1, -0.05) is 13.3 Å². The molecule has 0 aromatic heterocycles. The number of hydrogen-bond donors (Lipinski definition) is 0. The highest BCUT2D eigenvalue weighted by atomic mass is 16.1. The largest absolute Gasteiger partial charge is 0.317 e. The predicted octanol–water partition coefficient (Wildman–Crippen LogP) is 1.60. The van der Waals surface area contributed by atoms with Crippen molar-refractivity contribution in [3.05, 3.63) is 0 Å². The van der Waals surface area contributed by atoms with Crippen LogP contribution in [0.5, 0.6) is 0 Å². The summed E-state index contributed by atoms with van der Waals surface area (Å²) >= 11 is 0. The monoisotopic (exact) mass is 182 g/mol. The molecule has 3 aliphatic heterocycles. The van der Waals surface area contributed by atoms with Gasteiger partial charge in [-0.25, -0.2) is 0 Å². The van der Waals surface area contributed by atoms with Crippen molar-refractivity contribution in [2.75, 3.05) is 26.2 Å². The maximum Gasteiger partial charge on any atom is 0.190 e. The Morgan fingerprint density at radius 2 is 2.08 bits per heavy atom. The summed E-state index contributed by atoms with van der Waals surface area (Å²) in [7, 11) is 0. The first-order valence-electron chi connectivity index (χ1n) is 5.63. The number of fused-ring (bicyclic) bond motifs is 3. The molecule has 0 amide bonds. The Morgan fingerprint density at radius 1 is 1.38 bits per heavy atom. The molecule has 0 atom stereocenters. The maximum atomic E-state index is 11.6. The molecule has 0 aromatic carbocycles. The van der Waals surface area contributed by atoms with Crippen molar-refractivity contribution in [1.29, 1.82) is 0 Å². The molecule has 3 aliphatic rings. The number of quaternary nitrogens is 1. The van der Waals surface area contributed by atoms with Gasteiger partial charge in [0.25, 0.3) is 0 Å². The van der Waals surface area contributed by atoms with E-state index >= 15 is 0 Å². The van der Waals surface area contributed by atoms with Gasteiger partial charge in [0.2, 0.25) is 0 Å². The highest BCUT2D eigenvalue weighted by molar-refractivity contribution is 5.83. The van der Waals surface area contributed by atoms with Crippen molar-refractivity contribution in [2.24, 2.45) is 5.92 Å². The lowest BCUT2D eigenvalue weighted by Crippen LogP contribution is -2.62. The Morgan fingerprint density at radius 3 is 2.62 bits per heavy atom. The zero-order valence-corrected chi connectivity index (χ0v) is 8.59. The third-order valence-electron chi connectivity index (χ3n) is 3.84. The van der Waals surface area contributed by atoms with Crippen LogP contribution in [0.1, 0.15) is 32.6 Å².